The molecule has 0 bridgehead atoms. The van der Waals surface area contributed by atoms with Gasteiger partial charge in [-0.05, 0) is 25.0 Å². The van der Waals surface area contributed by atoms with Crippen molar-refractivity contribution in [1.82, 2.24) is 9.55 Å². The van der Waals surface area contributed by atoms with Gasteiger partial charge in [-0.1, -0.05) is 0 Å². The lowest BCUT2D eigenvalue weighted by Crippen LogP contribution is -1.89. The van der Waals surface area contributed by atoms with E-state index >= 15 is 0 Å². The molecule has 1 aliphatic rings. The van der Waals surface area contributed by atoms with Crippen LogP contribution in [0.3, 0.4) is 0 Å². The lowest BCUT2D eigenvalue weighted by Gasteiger charge is -1.99. The minimum atomic E-state index is -0.214. The van der Waals surface area contributed by atoms with E-state index in [-0.39, 0.29) is 5.82 Å². The molecule has 3 heteroatoms. The van der Waals surface area contributed by atoms with Gasteiger partial charge in [0.1, 0.15) is 5.82 Å². The van der Waals surface area contributed by atoms with Crippen LogP contribution in [0, 0.1) is 5.82 Å². The third-order valence-corrected chi connectivity index (χ3v) is 2.48. The average molecular weight is 176 g/mol. The fraction of sp³-hybridized carbons (Fsp3) is 0.300. The van der Waals surface area contributed by atoms with E-state index in [1.807, 2.05) is 6.33 Å². The van der Waals surface area contributed by atoms with Crippen molar-refractivity contribution in [3.8, 4) is 0 Å². The molecule has 2 aromatic rings. The Morgan fingerprint density at radius 3 is 3.00 bits per heavy atom. The molecule has 0 amide bonds. The summed E-state index contributed by atoms with van der Waals surface area (Å²) in [5.74, 6) is -0.214. The molecule has 1 heterocycles. The van der Waals surface area contributed by atoms with Gasteiger partial charge in [0.05, 0.1) is 17.4 Å². The molecule has 0 spiro atoms. The largest absolute Gasteiger partial charge is 0.327 e. The lowest BCUT2D eigenvalue weighted by molar-refractivity contribution is 0.629. The highest BCUT2D eigenvalue weighted by atomic mass is 19.1. The van der Waals surface area contributed by atoms with Crippen molar-refractivity contribution in [2.45, 2.75) is 18.9 Å². The Balaban J connectivity index is 2.26. The molecule has 0 N–H and O–H groups in total. The molecule has 1 aromatic heterocycles. The predicted octanol–water partition coefficient (Wildman–Crippen LogP) is 2.51. The Morgan fingerprint density at radius 1 is 1.38 bits per heavy atom. The van der Waals surface area contributed by atoms with Crippen LogP contribution in [0.2, 0.25) is 0 Å². The van der Waals surface area contributed by atoms with Gasteiger partial charge in [-0.15, -0.1) is 0 Å². The van der Waals surface area contributed by atoms with Gasteiger partial charge < -0.3 is 4.57 Å². The van der Waals surface area contributed by atoms with Gasteiger partial charge in [0, 0.05) is 12.1 Å². The first kappa shape index (κ1) is 7.06. The van der Waals surface area contributed by atoms with Crippen molar-refractivity contribution in [2.24, 2.45) is 0 Å². The van der Waals surface area contributed by atoms with Gasteiger partial charge in [-0.3, -0.25) is 0 Å². The number of nitrogens with zero attached hydrogens (tertiary/aromatic N) is 2. The molecular formula is C10H9FN2. The van der Waals surface area contributed by atoms with Gasteiger partial charge in [-0.2, -0.15) is 0 Å². The van der Waals surface area contributed by atoms with Gasteiger partial charge in [0.25, 0.3) is 0 Å². The molecule has 1 saturated carbocycles. The summed E-state index contributed by atoms with van der Waals surface area (Å²) >= 11 is 0. The van der Waals surface area contributed by atoms with Crippen molar-refractivity contribution in [3.63, 3.8) is 0 Å². The second kappa shape index (κ2) is 2.31. The van der Waals surface area contributed by atoms with Crippen LogP contribution in [0.1, 0.15) is 18.9 Å². The van der Waals surface area contributed by atoms with Gasteiger partial charge in [-0.25, -0.2) is 9.37 Å². The Morgan fingerprint density at radius 2 is 2.23 bits per heavy atom. The van der Waals surface area contributed by atoms with E-state index in [1.165, 1.54) is 25.0 Å². The van der Waals surface area contributed by atoms with Crippen molar-refractivity contribution < 1.29 is 4.39 Å². The van der Waals surface area contributed by atoms with Crippen LogP contribution in [0.4, 0.5) is 4.39 Å². The molecule has 13 heavy (non-hydrogen) atoms. The third-order valence-electron chi connectivity index (χ3n) is 2.48. The number of imidazole rings is 1. The summed E-state index contributed by atoms with van der Waals surface area (Å²) in [5, 5.41) is 0. The molecule has 1 aliphatic carbocycles. The topological polar surface area (TPSA) is 17.8 Å². The van der Waals surface area contributed by atoms with Crippen molar-refractivity contribution in [3.05, 3.63) is 30.3 Å². The van der Waals surface area contributed by atoms with Crippen LogP contribution in [0.15, 0.2) is 24.5 Å². The summed E-state index contributed by atoms with van der Waals surface area (Å²) in [6.45, 7) is 0. The standard InChI is InChI=1S/C10H9FN2/c11-7-1-4-10-9(5-7)12-6-13(10)8-2-3-8/h1,4-6,8H,2-3H2. The van der Waals surface area contributed by atoms with Crippen LogP contribution < -0.4 is 0 Å². The second-order valence-corrected chi connectivity index (χ2v) is 3.52. The summed E-state index contributed by atoms with van der Waals surface area (Å²) in [5.41, 5.74) is 1.80. The Hall–Kier alpha value is -1.38. The summed E-state index contributed by atoms with van der Waals surface area (Å²) in [6.07, 6.45) is 4.26. The van der Waals surface area contributed by atoms with E-state index in [9.17, 15) is 4.39 Å². The average Bonchev–Trinajstić information content (AvgIpc) is 2.87. The Bertz CT molecular complexity index is 457. The summed E-state index contributed by atoms with van der Waals surface area (Å²) in [4.78, 5) is 4.16. The summed E-state index contributed by atoms with van der Waals surface area (Å²) in [6, 6.07) is 5.38. The van der Waals surface area contributed by atoms with E-state index in [0.717, 1.165) is 11.0 Å². The van der Waals surface area contributed by atoms with Gasteiger partial charge in [0.15, 0.2) is 0 Å². The normalized spacial score (nSPS) is 16.7. The summed E-state index contributed by atoms with van der Waals surface area (Å²) < 4.78 is 14.9. The highest BCUT2D eigenvalue weighted by Gasteiger charge is 2.24. The van der Waals surface area contributed by atoms with Crippen LogP contribution in [-0.2, 0) is 0 Å². The van der Waals surface area contributed by atoms with Crippen LogP contribution in [0.25, 0.3) is 11.0 Å². The maximum atomic E-state index is 12.8. The number of halogens is 1. The zero-order chi connectivity index (χ0) is 8.84. The first-order valence-electron chi connectivity index (χ1n) is 4.47. The monoisotopic (exact) mass is 176 g/mol. The minimum Gasteiger partial charge on any atom is -0.327 e. The van der Waals surface area contributed by atoms with Crippen LogP contribution in [0.5, 0.6) is 0 Å². The molecule has 1 aromatic carbocycles. The highest BCUT2D eigenvalue weighted by molar-refractivity contribution is 5.75. The zero-order valence-corrected chi connectivity index (χ0v) is 7.07. The van der Waals surface area contributed by atoms with Gasteiger partial charge in [0.2, 0.25) is 0 Å². The maximum absolute atomic E-state index is 12.8. The first-order valence-corrected chi connectivity index (χ1v) is 4.47. The van der Waals surface area contributed by atoms with E-state index in [4.69, 9.17) is 0 Å². The molecule has 3 rings (SSSR count). The number of benzene rings is 1. The summed E-state index contributed by atoms with van der Waals surface area (Å²) in [7, 11) is 0. The van der Waals surface area contributed by atoms with E-state index in [1.54, 1.807) is 6.07 Å². The number of rotatable bonds is 1. The molecule has 0 atom stereocenters. The zero-order valence-electron chi connectivity index (χ0n) is 7.07. The van der Waals surface area contributed by atoms with Crippen molar-refractivity contribution in [1.29, 1.82) is 0 Å². The minimum absolute atomic E-state index is 0.214. The van der Waals surface area contributed by atoms with E-state index < -0.39 is 0 Å². The Kier molecular flexibility index (Phi) is 1.26. The van der Waals surface area contributed by atoms with Crippen molar-refractivity contribution >= 4 is 11.0 Å². The van der Waals surface area contributed by atoms with Crippen molar-refractivity contribution in [2.75, 3.05) is 0 Å². The number of aromatic nitrogens is 2. The lowest BCUT2D eigenvalue weighted by atomic mass is 10.3. The molecule has 66 valence electrons. The Labute approximate surface area is 75.0 Å². The molecule has 2 nitrogen and oxygen atoms in total. The fourth-order valence-electron chi connectivity index (χ4n) is 1.65. The third kappa shape index (κ3) is 1.03. The molecular weight excluding hydrogens is 167 g/mol. The number of fused-ring (bicyclic) bond motifs is 1. The SMILES string of the molecule is Fc1ccc2c(c1)ncn2C1CC1. The van der Waals surface area contributed by atoms with E-state index in [0.29, 0.717) is 6.04 Å². The molecule has 0 radical (unpaired) electrons. The molecule has 0 aliphatic heterocycles. The van der Waals surface area contributed by atoms with E-state index in [2.05, 4.69) is 9.55 Å². The maximum Gasteiger partial charge on any atom is 0.125 e. The quantitative estimate of drug-likeness (QED) is 0.652. The molecule has 1 fully saturated rings. The van der Waals surface area contributed by atoms with Crippen LogP contribution in [-0.4, -0.2) is 9.55 Å². The molecule has 0 unspecified atom stereocenters. The van der Waals surface area contributed by atoms with Crippen LogP contribution >= 0.6 is 0 Å². The number of hydrogen-bond acceptors (Lipinski definition) is 1. The van der Waals surface area contributed by atoms with Gasteiger partial charge >= 0.3 is 0 Å². The first-order chi connectivity index (χ1) is 6.34. The molecule has 0 saturated heterocycles. The highest BCUT2D eigenvalue weighted by Crippen LogP contribution is 2.36. The predicted molar refractivity (Wildman–Crippen MR) is 48.0 cm³/mol. The fourth-order valence-corrected chi connectivity index (χ4v) is 1.65. The second-order valence-electron chi connectivity index (χ2n) is 3.52. The number of hydrogen-bond donors (Lipinski definition) is 0. The smallest absolute Gasteiger partial charge is 0.125 e.